The van der Waals surface area contributed by atoms with E-state index in [1.807, 2.05) is 11.3 Å². The molecular formula is C15H22N2S. The van der Waals surface area contributed by atoms with Crippen LogP contribution in [0.4, 0.5) is 0 Å². The van der Waals surface area contributed by atoms with Crippen molar-refractivity contribution >= 4 is 11.3 Å². The summed E-state index contributed by atoms with van der Waals surface area (Å²) in [5.74, 6) is 0.922. The van der Waals surface area contributed by atoms with E-state index >= 15 is 0 Å². The molecule has 98 valence electrons. The lowest BCUT2D eigenvalue weighted by Gasteiger charge is -2.46. The zero-order valence-electron chi connectivity index (χ0n) is 10.9. The molecule has 2 saturated carbocycles. The van der Waals surface area contributed by atoms with Crippen molar-refractivity contribution in [2.24, 2.45) is 5.92 Å². The van der Waals surface area contributed by atoms with E-state index in [0.29, 0.717) is 0 Å². The van der Waals surface area contributed by atoms with E-state index in [1.54, 1.807) is 10.4 Å². The molecule has 0 bridgehead atoms. The lowest BCUT2D eigenvalue weighted by Crippen LogP contribution is -2.51. The minimum absolute atomic E-state index is 0.865. The molecule has 1 aliphatic heterocycles. The highest BCUT2D eigenvalue weighted by molar-refractivity contribution is 7.10. The van der Waals surface area contributed by atoms with Gasteiger partial charge in [-0.15, -0.1) is 11.3 Å². The van der Waals surface area contributed by atoms with E-state index in [1.165, 1.54) is 51.7 Å². The van der Waals surface area contributed by atoms with Crippen molar-refractivity contribution in [1.29, 1.82) is 0 Å². The summed E-state index contributed by atoms with van der Waals surface area (Å²) in [5.41, 5.74) is 1.60. The first-order valence-corrected chi connectivity index (χ1v) is 8.31. The van der Waals surface area contributed by atoms with Crippen LogP contribution >= 0.6 is 11.3 Å². The highest BCUT2D eigenvalue weighted by Crippen LogP contribution is 2.36. The lowest BCUT2D eigenvalue weighted by atomic mass is 9.77. The van der Waals surface area contributed by atoms with Gasteiger partial charge in [0.25, 0.3) is 0 Å². The van der Waals surface area contributed by atoms with Gasteiger partial charge in [0, 0.05) is 30.1 Å². The normalized spacial score (nSPS) is 32.0. The number of thiophene rings is 1. The maximum absolute atomic E-state index is 3.72. The Kier molecular flexibility index (Phi) is 2.94. The quantitative estimate of drug-likeness (QED) is 0.897. The molecule has 2 aliphatic carbocycles. The standard InChI is InChI=1S/C15H22N2S/c1-4-14(11(1)9-16-13-2-3-13)17-7-5-15-12(10-17)6-8-18-15/h6,8,11,13-14,16H,1-5,7,9-10H2. The van der Waals surface area contributed by atoms with Crippen LogP contribution in [0, 0.1) is 5.92 Å². The van der Waals surface area contributed by atoms with Gasteiger partial charge in [-0.1, -0.05) is 0 Å². The lowest BCUT2D eigenvalue weighted by molar-refractivity contribution is 0.0515. The SMILES string of the molecule is c1cc2c(s1)CCN(C1CCC1CNC1CC1)C2. The molecule has 2 unspecified atom stereocenters. The number of rotatable bonds is 4. The Balaban J connectivity index is 1.36. The van der Waals surface area contributed by atoms with Crippen molar-refractivity contribution in [3.8, 4) is 0 Å². The third kappa shape index (κ3) is 2.13. The highest BCUT2D eigenvalue weighted by atomic mass is 32.1. The predicted molar refractivity (Wildman–Crippen MR) is 76.0 cm³/mol. The second kappa shape index (κ2) is 4.62. The first-order chi connectivity index (χ1) is 8.90. The summed E-state index contributed by atoms with van der Waals surface area (Å²) in [6, 6.07) is 4.07. The average molecular weight is 262 g/mol. The van der Waals surface area contributed by atoms with Crippen LogP contribution in [0.2, 0.25) is 0 Å². The Morgan fingerprint density at radius 1 is 1.28 bits per heavy atom. The van der Waals surface area contributed by atoms with Crippen molar-refractivity contribution < 1.29 is 0 Å². The fourth-order valence-corrected chi connectivity index (χ4v) is 4.32. The van der Waals surface area contributed by atoms with Gasteiger partial charge in [-0.25, -0.2) is 0 Å². The smallest absolute Gasteiger partial charge is 0.0247 e. The van der Waals surface area contributed by atoms with Gasteiger partial charge in [0.2, 0.25) is 0 Å². The molecule has 2 fully saturated rings. The fraction of sp³-hybridized carbons (Fsp3) is 0.733. The first-order valence-electron chi connectivity index (χ1n) is 7.43. The number of hydrogen-bond donors (Lipinski definition) is 1. The molecule has 1 N–H and O–H groups in total. The maximum atomic E-state index is 3.72. The van der Waals surface area contributed by atoms with Gasteiger partial charge in [0.15, 0.2) is 0 Å². The van der Waals surface area contributed by atoms with Crippen LogP contribution in [0.5, 0.6) is 0 Å². The molecule has 4 rings (SSSR count). The van der Waals surface area contributed by atoms with Crippen LogP contribution in [-0.2, 0) is 13.0 Å². The van der Waals surface area contributed by atoms with Crippen LogP contribution in [-0.4, -0.2) is 30.1 Å². The van der Waals surface area contributed by atoms with Crippen LogP contribution in [0.15, 0.2) is 11.4 Å². The van der Waals surface area contributed by atoms with Crippen LogP contribution in [0.3, 0.4) is 0 Å². The molecule has 0 spiro atoms. The van der Waals surface area contributed by atoms with Crippen molar-refractivity contribution in [1.82, 2.24) is 10.2 Å². The predicted octanol–water partition coefficient (Wildman–Crippen LogP) is 2.64. The van der Waals surface area contributed by atoms with E-state index < -0.39 is 0 Å². The molecule has 0 amide bonds. The van der Waals surface area contributed by atoms with Gasteiger partial charge in [-0.05, 0) is 61.6 Å². The Morgan fingerprint density at radius 2 is 2.22 bits per heavy atom. The Morgan fingerprint density at radius 3 is 3.00 bits per heavy atom. The van der Waals surface area contributed by atoms with Gasteiger partial charge in [-0.3, -0.25) is 4.90 Å². The Hall–Kier alpha value is -0.380. The summed E-state index contributed by atoms with van der Waals surface area (Å²) < 4.78 is 0. The zero-order valence-corrected chi connectivity index (χ0v) is 11.7. The summed E-state index contributed by atoms with van der Waals surface area (Å²) in [7, 11) is 0. The third-order valence-corrected chi connectivity index (χ3v) is 5.95. The molecule has 2 atom stereocenters. The summed E-state index contributed by atoms with van der Waals surface area (Å²) in [5, 5.41) is 5.98. The summed E-state index contributed by atoms with van der Waals surface area (Å²) >= 11 is 1.95. The Bertz CT molecular complexity index is 424. The molecule has 1 aromatic rings. The van der Waals surface area contributed by atoms with E-state index in [2.05, 4.69) is 21.7 Å². The van der Waals surface area contributed by atoms with Gasteiger partial charge in [0.05, 0.1) is 0 Å². The summed E-state index contributed by atoms with van der Waals surface area (Å²) in [6.45, 7) is 3.77. The summed E-state index contributed by atoms with van der Waals surface area (Å²) in [6.07, 6.45) is 6.98. The minimum Gasteiger partial charge on any atom is -0.314 e. The molecule has 0 radical (unpaired) electrons. The average Bonchev–Trinajstić information content (AvgIpc) is 3.05. The van der Waals surface area contributed by atoms with Crippen LogP contribution in [0.1, 0.15) is 36.1 Å². The van der Waals surface area contributed by atoms with Crippen molar-refractivity contribution in [3.63, 3.8) is 0 Å². The maximum Gasteiger partial charge on any atom is 0.0247 e. The monoisotopic (exact) mass is 262 g/mol. The molecule has 2 nitrogen and oxygen atoms in total. The topological polar surface area (TPSA) is 15.3 Å². The molecule has 3 aliphatic rings. The molecule has 0 saturated heterocycles. The molecule has 3 heteroatoms. The van der Waals surface area contributed by atoms with Gasteiger partial charge < -0.3 is 5.32 Å². The molecule has 1 aromatic heterocycles. The number of fused-ring (bicyclic) bond motifs is 1. The minimum atomic E-state index is 0.865. The largest absolute Gasteiger partial charge is 0.314 e. The molecule has 2 heterocycles. The second-order valence-corrected chi connectivity index (χ2v) is 7.18. The van der Waals surface area contributed by atoms with E-state index in [9.17, 15) is 0 Å². The Labute approximate surface area is 113 Å². The number of nitrogens with zero attached hydrogens (tertiary/aromatic N) is 1. The van der Waals surface area contributed by atoms with E-state index in [-0.39, 0.29) is 0 Å². The number of nitrogens with one attached hydrogen (secondary N) is 1. The molecule has 18 heavy (non-hydrogen) atoms. The van der Waals surface area contributed by atoms with Crippen LogP contribution < -0.4 is 5.32 Å². The van der Waals surface area contributed by atoms with Gasteiger partial charge in [-0.2, -0.15) is 0 Å². The summed E-state index contributed by atoms with van der Waals surface area (Å²) in [4.78, 5) is 4.39. The van der Waals surface area contributed by atoms with E-state index in [4.69, 9.17) is 0 Å². The van der Waals surface area contributed by atoms with Crippen molar-refractivity contribution in [3.05, 3.63) is 21.9 Å². The fourth-order valence-electron chi connectivity index (χ4n) is 3.43. The van der Waals surface area contributed by atoms with Gasteiger partial charge in [0.1, 0.15) is 0 Å². The molecular weight excluding hydrogens is 240 g/mol. The van der Waals surface area contributed by atoms with E-state index in [0.717, 1.165) is 18.0 Å². The van der Waals surface area contributed by atoms with Gasteiger partial charge >= 0.3 is 0 Å². The number of hydrogen-bond acceptors (Lipinski definition) is 3. The second-order valence-electron chi connectivity index (χ2n) is 6.18. The third-order valence-electron chi connectivity index (χ3n) is 4.93. The zero-order chi connectivity index (χ0) is 11.9. The highest BCUT2D eigenvalue weighted by Gasteiger charge is 2.37. The van der Waals surface area contributed by atoms with Crippen molar-refractivity contribution in [2.45, 2.75) is 50.7 Å². The first kappa shape index (κ1) is 11.4. The molecule has 0 aromatic carbocycles. The van der Waals surface area contributed by atoms with Crippen LogP contribution in [0.25, 0.3) is 0 Å². The van der Waals surface area contributed by atoms with Crippen molar-refractivity contribution in [2.75, 3.05) is 13.1 Å².